The second-order valence-electron chi connectivity index (χ2n) is 0.434. The quantitative estimate of drug-likeness (QED) is 0.313. The van der Waals surface area contributed by atoms with E-state index in [-0.39, 0.29) is 32.7 Å². The predicted molar refractivity (Wildman–Crippen MR) is 15.9 cm³/mol. The maximum absolute atomic E-state index is 8.99. The summed E-state index contributed by atoms with van der Waals surface area (Å²) in [5.74, 6) is 0. The first kappa shape index (κ1) is 9.53. The number of hydrogen-bond donors (Lipinski definition) is 0. The first-order chi connectivity index (χ1) is 2.27. The minimum Gasteiger partial charge on any atom is -0.439 e. The molecule has 0 aliphatic carbocycles. The summed E-state index contributed by atoms with van der Waals surface area (Å²) in [4.78, 5) is 8.27. The predicted octanol–water partition coefficient (Wildman–Crippen LogP) is 0.207. The Hall–Kier alpha value is 0.244. The molecule has 3 nitrogen and oxygen atoms in total. The van der Waals surface area contributed by atoms with Gasteiger partial charge in [-0.25, -0.2) is 0 Å². The van der Waals surface area contributed by atoms with Crippen LogP contribution in [0, 0.1) is 16.7 Å². The normalized spacial score (nSPS) is 5.33. The topological polar surface area (TPSA) is 43.1 Å². The Labute approximate surface area is 60.5 Å². The van der Waals surface area contributed by atoms with E-state index in [0.717, 1.165) is 0 Å². The molecule has 0 amide bonds. The fraction of sp³-hybridized carbons (Fsp3) is 0. The van der Waals surface area contributed by atoms with E-state index in [1.807, 2.05) is 0 Å². The summed E-state index contributed by atoms with van der Waals surface area (Å²) >= 11 is 0. The molecule has 0 fully saturated rings. The van der Waals surface area contributed by atoms with Crippen LogP contribution >= 0.6 is 0 Å². The van der Waals surface area contributed by atoms with E-state index < -0.39 is 4.92 Å². The van der Waals surface area contributed by atoms with Gasteiger partial charge in [0, 0.05) is 37.6 Å². The zero-order chi connectivity index (χ0) is 4.28. The number of nitrogens with zero attached hydrogens (tertiary/aromatic N) is 1. The van der Waals surface area contributed by atoms with Gasteiger partial charge in [-0.05, 0) is 0 Å². The molecule has 0 N–H and O–H groups in total. The fourth-order valence-corrected chi connectivity index (χ4v) is 0. The zero-order valence-corrected chi connectivity index (χ0v) is 5.83. The van der Waals surface area contributed by atoms with Crippen molar-refractivity contribution >= 4 is 0 Å². The van der Waals surface area contributed by atoms with Crippen molar-refractivity contribution in [3.8, 4) is 0 Å². The summed E-state index contributed by atoms with van der Waals surface area (Å²) in [6.07, 6.45) is 0.389. The summed E-state index contributed by atoms with van der Waals surface area (Å²) < 4.78 is 0. The van der Waals surface area contributed by atoms with E-state index in [9.17, 15) is 0 Å². The van der Waals surface area contributed by atoms with Crippen LogP contribution in [0.3, 0.4) is 0 Å². The van der Waals surface area contributed by atoms with Crippen molar-refractivity contribution in [2.45, 2.75) is 0 Å². The Kier molecular flexibility index (Phi) is 8.33. The molecule has 0 heterocycles. The molecule has 0 aromatic heterocycles. The molecule has 6 heavy (non-hydrogen) atoms. The summed E-state index contributed by atoms with van der Waals surface area (Å²) in [6, 6.07) is 0. The van der Waals surface area contributed by atoms with Gasteiger partial charge in [0.05, 0.1) is 6.20 Å². The fourth-order valence-electron chi connectivity index (χ4n) is 0. The van der Waals surface area contributed by atoms with Crippen molar-refractivity contribution in [2.24, 2.45) is 0 Å². The van der Waals surface area contributed by atoms with Gasteiger partial charge in [-0.1, -0.05) is 0 Å². The van der Waals surface area contributed by atoms with Crippen LogP contribution < -0.4 is 0 Å². The number of nitro groups is 1. The van der Waals surface area contributed by atoms with E-state index >= 15 is 0 Å². The standard InChI is InChI=1S/C2H2NO2.Y/c1-2-3(4)5;/h1-2H;/q-1;. The molecule has 0 unspecified atom stereocenters. The molecule has 0 aromatic rings. The molecular weight excluding hydrogens is 159 g/mol. The van der Waals surface area contributed by atoms with Crippen LogP contribution in [0.1, 0.15) is 0 Å². The maximum atomic E-state index is 8.99. The molecule has 1 radical (unpaired) electrons. The van der Waals surface area contributed by atoms with Gasteiger partial charge < -0.3 is 6.58 Å². The molecule has 0 rings (SSSR count). The second kappa shape index (κ2) is 5.24. The van der Waals surface area contributed by atoms with E-state index in [0.29, 0.717) is 6.20 Å². The first-order valence-corrected chi connectivity index (χ1v) is 0.957. The Morgan fingerprint density at radius 2 is 2.00 bits per heavy atom. The van der Waals surface area contributed by atoms with Gasteiger partial charge in [-0.15, -0.1) is 0 Å². The van der Waals surface area contributed by atoms with E-state index in [2.05, 4.69) is 6.58 Å². The van der Waals surface area contributed by atoms with Crippen LogP contribution in [-0.4, -0.2) is 4.92 Å². The number of hydrogen-bond acceptors (Lipinski definition) is 2. The van der Waals surface area contributed by atoms with Crippen LogP contribution in [0.5, 0.6) is 0 Å². The molecule has 31 valence electrons. The molecule has 0 saturated carbocycles. The first-order valence-electron chi connectivity index (χ1n) is 0.957. The summed E-state index contributed by atoms with van der Waals surface area (Å²) in [6.45, 7) is 4.35. The average molecular weight is 161 g/mol. The average Bonchev–Trinajstić information content (AvgIpc) is 1.38. The number of rotatable bonds is 1. The van der Waals surface area contributed by atoms with Crippen LogP contribution in [-0.2, 0) is 32.7 Å². The van der Waals surface area contributed by atoms with Crippen molar-refractivity contribution in [3.05, 3.63) is 22.9 Å². The summed E-state index contributed by atoms with van der Waals surface area (Å²) in [5, 5.41) is 8.99. The van der Waals surface area contributed by atoms with Crippen molar-refractivity contribution in [2.75, 3.05) is 0 Å². The van der Waals surface area contributed by atoms with Gasteiger partial charge in [-0.2, -0.15) is 0 Å². The van der Waals surface area contributed by atoms with Crippen LogP contribution in [0.2, 0.25) is 0 Å². The molecule has 0 saturated heterocycles. The van der Waals surface area contributed by atoms with Crippen LogP contribution in [0.25, 0.3) is 0 Å². The maximum Gasteiger partial charge on any atom is 0.0557 e. The molecule has 0 atom stereocenters. The third-order valence-electron chi connectivity index (χ3n) is 0.122. The van der Waals surface area contributed by atoms with Gasteiger partial charge in [-0.3, -0.25) is 10.1 Å². The summed E-state index contributed by atoms with van der Waals surface area (Å²) in [5.41, 5.74) is 0. The summed E-state index contributed by atoms with van der Waals surface area (Å²) in [7, 11) is 0. The zero-order valence-electron chi connectivity index (χ0n) is 3.00. The molecule has 0 spiro atoms. The Bertz CT molecular complexity index is 62.6. The van der Waals surface area contributed by atoms with Crippen molar-refractivity contribution in [1.29, 1.82) is 0 Å². The SMILES string of the molecule is [CH-]=C[N+](=O)[O-].[Y]. The Balaban J connectivity index is 0. The molecule has 0 aromatic carbocycles. The monoisotopic (exact) mass is 161 g/mol. The molecule has 0 bridgehead atoms. The van der Waals surface area contributed by atoms with Crippen LogP contribution in [0.15, 0.2) is 6.20 Å². The minimum atomic E-state index is -0.722. The molecule has 0 aliphatic rings. The Morgan fingerprint density at radius 1 is 1.83 bits per heavy atom. The van der Waals surface area contributed by atoms with Crippen molar-refractivity contribution in [3.63, 3.8) is 0 Å². The van der Waals surface area contributed by atoms with Crippen molar-refractivity contribution in [1.82, 2.24) is 0 Å². The minimum absolute atomic E-state index is 0. The van der Waals surface area contributed by atoms with E-state index in [4.69, 9.17) is 10.1 Å². The smallest absolute Gasteiger partial charge is 0.0557 e. The second-order valence-corrected chi connectivity index (χ2v) is 0.434. The Morgan fingerprint density at radius 3 is 2.00 bits per heavy atom. The van der Waals surface area contributed by atoms with Gasteiger partial charge in [0.2, 0.25) is 0 Å². The van der Waals surface area contributed by atoms with E-state index in [1.54, 1.807) is 0 Å². The van der Waals surface area contributed by atoms with Gasteiger partial charge in [0.25, 0.3) is 0 Å². The van der Waals surface area contributed by atoms with Gasteiger partial charge in [0.1, 0.15) is 0 Å². The molecule has 0 aliphatic heterocycles. The van der Waals surface area contributed by atoms with Gasteiger partial charge in [0.15, 0.2) is 0 Å². The van der Waals surface area contributed by atoms with E-state index in [1.165, 1.54) is 0 Å². The van der Waals surface area contributed by atoms with Gasteiger partial charge >= 0.3 is 0 Å². The third kappa shape index (κ3) is 8.87. The molecular formula is C2H2NO2Y-. The van der Waals surface area contributed by atoms with Crippen LogP contribution in [0.4, 0.5) is 0 Å². The largest absolute Gasteiger partial charge is 0.439 e. The third-order valence-corrected chi connectivity index (χ3v) is 0.122. The molecule has 4 heteroatoms. The van der Waals surface area contributed by atoms with Crippen molar-refractivity contribution < 1.29 is 37.6 Å².